The molecule has 5 heteroatoms. The van der Waals surface area contributed by atoms with Crippen LogP contribution < -0.4 is 0 Å². The van der Waals surface area contributed by atoms with Crippen molar-refractivity contribution in [2.75, 3.05) is 0 Å². The number of benzene rings is 7. The van der Waals surface area contributed by atoms with Gasteiger partial charge in [0.15, 0.2) is 0 Å². The molecule has 3 heterocycles. The molecular formula is C62H54N3OPt-. The molecule has 0 aliphatic rings. The number of aryl methyl sites for hydroxylation is 2. The summed E-state index contributed by atoms with van der Waals surface area (Å²) in [5.41, 5.74) is 19.8. The number of phenolic OH excluding ortho intramolecular Hbond substituents is 1. The smallest absolute Gasteiger partial charge is 0.124 e. The standard InChI is InChI=1S/C62H54N3O.Pt/c1-39-31-58(40(2)30-53(39)41-18-10-9-11-19-41)65-57-26-14-12-22-50(57)51-25-17-24-49(60(51)65)42-28-29-63-54(35-42)43-20-16-21-44(32-43)55-36-46(37-56(64-55)52-23-13-15-27-59(52)66)45-33-47(61(3,4)5)38-48(34-45)62(6,7)8;/h9-31,33-38,66H,1-8H3;/q-1;. The average Bonchev–Trinajstić information content (AvgIpc) is 3.66. The minimum absolute atomic E-state index is 0. The zero-order valence-electron chi connectivity index (χ0n) is 39.3. The molecule has 0 saturated carbocycles. The third-order valence-corrected chi connectivity index (χ3v) is 13.0. The van der Waals surface area contributed by atoms with Crippen molar-refractivity contribution in [2.45, 2.75) is 66.2 Å². The number of aromatic hydroxyl groups is 1. The van der Waals surface area contributed by atoms with Gasteiger partial charge >= 0.3 is 0 Å². The number of para-hydroxylation sites is 3. The molecule has 10 rings (SSSR count). The first kappa shape index (κ1) is 45.3. The van der Waals surface area contributed by atoms with Gasteiger partial charge in [-0.3, -0.25) is 9.97 Å². The number of phenols is 1. The third kappa shape index (κ3) is 8.68. The van der Waals surface area contributed by atoms with Crippen LogP contribution in [-0.4, -0.2) is 19.6 Å². The molecule has 3 aromatic heterocycles. The maximum absolute atomic E-state index is 11.1. The molecular weight excluding hydrogens is 998 g/mol. The Balaban J connectivity index is 0.00000562. The van der Waals surface area contributed by atoms with Crippen molar-refractivity contribution in [3.63, 3.8) is 0 Å². The molecule has 4 nitrogen and oxygen atoms in total. The van der Waals surface area contributed by atoms with Crippen LogP contribution in [0.4, 0.5) is 0 Å². The summed E-state index contributed by atoms with van der Waals surface area (Å²) in [6.07, 6.45) is 1.91. The fourth-order valence-electron chi connectivity index (χ4n) is 9.31. The Morgan fingerprint density at radius 3 is 1.81 bits per heavy atom. The van der Waals surface area contributed by atoms with E-state index < -0.39 is 0 Å². The van der Waals surface area contributed by atoms with Crippen LogP contribution in [0.15, 0.2) is 176 Å². The molecule has 0 amide bonds. The van der Waals surface area contributed by atoms with Gasteiger partial charge in [-0.05, 0) is 117 Å². The second kappa shape index (κ2) is 17.7. The van der Waals surface area contributed by atoms with E-state index in [1.807, 2.05) is 24.4 Å². The second-order valence-electron chi connectivity index (χ2n) is 19.7. The Kier molecular flexibility index (Phi) is 12.0. The van der Waals surface area contributed by atoms with Crippen molar-refractivity contribution in [2.24, 2.45) is 0 Å². The number of hydrogen-bond donors (Lipinski definition) is 1. The molecule has 0 unspecified atom stereocenters. The van der Waals surface area contributed by atoms with Crippen molar-refractivity contribution in [3.05, 3.63) is 204 Å². The quantitative estimate of drug-likeness (QED) is 0.162. The van der Waals surface area contributed by atoms with E-state index in [-0.39, 0.29) is 37.6 Å². The third-order valence-electron chi connectivity index (χ3n) is 13.0. The van der Waals surface area contributed by atoms with Gasteiger partial charge in [-0.1, -0.05) is 162 Å². The molecule has 0 aliphatic heterocycles. The summed E-state index contributed by atoms with van der Waals surface area (Å²) in [6, 6.07) is 63.6. The zero-order chi connectivity index (χ0) is 45.9. The number of rotatable bonds is 7. The molecule has 0 radical (unpaired) electrons. The number of pyridine rings is 2. The maximum atomic E-state index is 11.1. The van der Waals surface area contributed by atoms with Crippen molar-refractivity contribution in [3.8, 4) is 78.6 Å². The summed E-state index contributed by atoms with van der Waals surface area (Å²) in [5, 5.41) is 13.5. The molecule has 7 aromatic carbocycles. The first-order valence-electron chi connectivity index (χ1n) is 22.9. The van der Waals surface area contributed by atoms with Crippen LogP contribution in [0.2, 0.25) is 0 Å². The van der Waals surface area contributed by atoms with Gasteiger partial charge in [0, 0.05) is 66.2 Å². The van der Waals surface area contributed by atoms with Gasteiger partial charge in [-0.15, -0.1) is 24.3 Å². The van der Waals surface area contributed by atoms with Crippen molar-refractivity contribution >= 4 is 21.8 Å². The Morgan fingerprint density at radius 2 is 1.07 bits per heavy atom. The first-order valence-corrected chi connectivity index (χ1v) is 22.9. The van der Waals surface area contributed by atoms with E-state index in [0.29, 0.717) is 11.3 Å². The minimum Gasteiger partial charge on any atom is -0.507 e. The zero-order valence-corrected chi connectivity index (χ0v) is 41.6. The second-order valence-corrected chi connectivity index (χ2v) is 19.7. The monoisotopic (exact) mass is 1050 g/mol. The summed E-state index contributed by atoms with van der Waals surface area (Å²) in [6.45, 7) is 18.0. The molecule has 334 valence electrons. The fourth-order valence-corrected chi connectivity index (χ4v) is 9.31. The van der Waals surface area contributed by atoms with Gasteiger partial charge in [-0.25, -0.2) is 0 Å². The van der Waals surface area contributed by atoms with Crippen molar-refractivity contribution < 1.29 is 26.2 Å². The van der Waals surface area contributed by atoms with Crippen LogP contribution >= 0.6 is 0 Å². The first-order chi connectivity index (χ1) is 31.7. The van der Waals surface area contributed by atoms with E-state index in [9.17, 15) is 5.11 Å². The molecule has 0 spiro atoms. The van der Waals surface area contributed by atoms with Gasteiger partial charge < -0.3 is 9.67 Å². The molecule has 0 fully saturated rings. The maximum Gasteiger partial charge on any atom is 0.124 e. The number of fused-ring (bicyclic) bond motifs is 3. The van der Waals surface area contributed by atoms with E-state index >= 15 is 0 Å². The Hall–Kier alpha value is -6.87. The fraction of sp³-hybridized carbons (Fsp3) is 0.161. The average molecular weight is 1050 g/mol. The summed E-state index contributed by atoms with van der Waals surface area (Å²) >= 11 is 0. The van der Waals surface area contributed by atoms with Crippen molar-refractivity contribution in [1.29, 1.82) is 0 Å². The van der Waals surface area contributed by atoms with Crippen LogP contribution in [0.25, 0.3) is 94.6 Å². The molecule has 67 heavy (non-hydrogen) atoms. The summed E-state index contributed by atoms with van der Waals surface area (Å²) < 4.78 is 2.45. The van der Waals surface area contributed by atoms with Gasteiger partial charge in [0.25, 0.3) is 0 Å². The van der Waals surface area contributed by atoms with Gasteiger partial charge in [0.2, 0.25) is 0 Å². The largest absolute Gasteiger partial charge is 0.507 e. The van der Waals surface area contributed by atoms with Crippen LogP contribution in [-0.2, 0) is 31.9 Å². The summed E-state index contributed by atoms with van der Waals surface area (Å²) in [7, 11) is 0. The van der Waals surface area contributed by atoms with Crippen LogP contribution in [0, 0.1) is 19.9 Å². The number of nitrogens with zero attached hydrogens (tertiary/aromatic N) is 3. The van der Waals surface area contributed by atoms with Gasteiger partial charge in [-0.2, -0.15) is 0 Å². The Bertz CT molecular complexity index is 3450. The van der Waals surface area contributed by atoms with Crippen LogP contribution in [0.5, 0.6) is 5.75 Å². The summed E-state index contributed by atoms with van der Waals surface area (Å²) in [5.74, 6) is 0.189. The van der Waals surface area contributed by atoms with E-state index in [2.05, 4.69) is 212 Å². The van der Waals surface area contributed by atoms with Crippen LogP contribution in [0.1, 0.15) is 63.8 Å². The van der Waals surface area contributed by atoms with E-state index in [0.717, 1.165) is 50.3 Å². The van der Waals surface area contributed by atoms with Gasteiger partial charge in [0.05, 0.1) is 16.7 Å². The minimum atomic E-state index is -0.0513. The summed E-state index contributed by atoms with van der Waals surface area (Å²) in [4.78, 5) is 10.2. The molecule has 10 aromatic rings. The predicted molar refractivity (Wildman–Crippen MR) is 276 cm³/mol. The SMILES string of the molecule is Cc1cc(-n2c3ccccc3c3cccc(-c4ccnc(-c5[c-]c(-c6cc(-c7cc(C(C)(C)C)cc(C(C)(C)C)c7)cc(-c7ccccc7O)n6)ccc5)c4)c32)c(C)cc1-c1ccccc1.[Pt]. The van der Waals surface area contributed by atoms with Crippen LogP contribution in [0.3, 0.4) is 0 Å². The normalized spacial score (nSPS) is 11.8. The molecule has 0 aliphatic carbocycles. The predicted octanol–water partition coefficient (Wildman–Crippen LogP) is 16.3. The molecule has 0 bridgehead atoms. The Labute approximate surface area is 409 Å². The van der Waals surface area contributed by atoms with E-state index in [4.69, 9.17) is 9.97 Å². The molecule has 1 N–H and O–H groups in total. The van der Waals surface area contributed by atoms with E-state index in [1.165, 1.54) is 55.4 Å². The van der Waals surface area contributed by atoms with Gasteiger partial charge in [0.1, 0.15) is 5.75 Å². The molecule has 0 saturated heterocycles. The molecule has 0 atom stereocenters. The number of aromatic nitrogens is 3. The topological polar surface area (TPSA) is 50.9 Å². The Morgan fingerprint density at radius 1 is 0.478 bits per heavy atom. The van der Waals surface area contributed by atoms with E-state index in [1.54, 1.807) is 6.07 Å². The van der Waals surface area contributed by atoms with Crippen molar-refractivity contribution in [1.82, 2.24) is 14.5 Å². The number of hydrogen-bond acceptors (Lipinski definition) is 3.